The first-order valence-electron chi connectivity index (χ1n) is 8.61. The molecule has 1 fully saturated rings. The lowest BCUT2D eigenvalue weighted by Gasteiger charge is -2.41. The van der Waals surface area contributed by atoms with E-state index in [1.54, 1.807) is 14.0 Å². The third-order valence-electron chi connectivity index (χ3n) is 5.10. The summed E-state index contributed by atoms with van der Waals surface area (Å²) in [5, 5.41) is 4.33. The fourth-order valence-corrected chi connectivity index (χ4v) is 3.51. The zero-order valence-electron chi connectivity index (χ0n) is 15.4. The summed E-state index contributed by atoms with van der Waals surface area (Å²) in [6.45, 7) is 6.94. The first kappa shape index (κ1) is 17.5. The van der Waals surface area contributed by atoms with Gasteiger partial charge in [0.15, 0.2) is 0 Å². The molecule has 1 aromatic heterocycles. The first-order chi connectivity index (χ1) is 12.0. The molecule has 1 aliphatic rings. The Morgan fingerprint density at radius 3 is 2.72 bits per heavy atom. The summed E-state index contributed by atoms with van der Waals surface area (Å²) in [7, 11) is 3.64. The van der Waals surface area contributed by atoms with Crippen molar-refractivity contribution in [3.05, 3.63) is 47.3 Å². The van der Waals surface area contributed by atoms with Crippen molar-refractivity contribution in [3.8, 4) is 5.75 Å². The molecule has 0 unspecified atom stereocenters. The molecule has 2 heterocycles. The Labute approximate surface area is 149 Å². The Morgan fingerprint density at radius 2 is 2.08 bits per heavy atom. The van der Waals surface area contributed by atoms with Gasteiger partial charge in [0, 0.05) is 57.0 Å². The Kier molecular flexibility index (Phi) is 5.08. The van der Waals surface area contributed by atoms with Crippen LogP contribution >= 0.6 is 0 Å². The van der Waals surface area contributed by atoms with Crippen LogP contribution in [0.4, 0.5) is 0 Å². The zero-order valence-corrected chi connectivity index (χ0v) is 15.4. The highest BCUT2D eigenvalue weighted by Crippen LogP contribution is 2.32. The molecule has 6 nitrogen and oxygen atoms in total. The summed E-state index contributed by atoms with van der Waals surface area (Å²) in [5.41, 5.74) is 3.48. The molecule has 2 aromatic rings. The average molecular weight is 342 g/mol. The second-order valence-corrected chi connectivity index (χ2v) is 6.58. The van der Waals surface area contributed by atoms with Crippen LogP contribution < -0.4 is 4.74 Å². The molecule has 134 valence electrons. The minimum absolute atomic E-state index is 0.000576. The van der Waals surface area contributed by atoms with Crippen LogP contribution in [-0.4, -0.2) is 52.2 Å². The predicted octanol–water partition coefficient (Wildman–Crippen LogP) is 2.14. The molecule has 0 N–H and O–H groups in total. The van der Waals surface area contributed by atoms with E-state index >= 15 is 0 Å². The fourth-order valence-electron chi connectivity index (χ4n) is 3.51. The van der Waals surface area contributed by atoms with E-state index in [1.807, 2.05) is 41.0 Å². The lowest BCUT2D eigenvalue weighted by molar-refractivity contribution is -0.134. The first-order valence-corrected chi connectivity index (χ1v) is 8.61. The summed E-state index contributed by atoms with van der Waals surface area (Å²) in [5.74, 6) is 0.936. The van der Waals surface area contributed by atoms with Crippen molar-refractivity contribution in [1.29, 1.82) is 0 Å². The minimum Gasteiger partial charge on any atom is -0.496 e. The molecule has 1 saturated heterocycles. The molecule has 6 heteroatoms. The molecule has 0 radical (unpaired) electrons. The van der Waals surface area contributed by atoms with Gasteiger partial charge in [-0.3, -0.25) is 14.4 Å². The SMILES string of the molecule is COc1ccccc1[C@H]1CN(Cc2cnn(C)c2C)CCN1C(C)=O. The molecule has 0 saturated carbocycles. The van der Waals surface area contributed by atoms with Crippen molar-refractivity contribution in [1.82, 2.24) is 19.6 Å². The molecular weight excluding hydrogens is 316 g/mol. The Hall–Kier alpha value is -2.34. The van der Waals surface area contributed by atoms with Crippen LogP contribution in [0.5, 0.6) is 5.75 Å². The quantitative estimate of drug-likeness (QED) is 0.854. The van der Waals surface area contributed by atoms with Gasteiger partial charge in [-0.25, -0.2) is 0 Å². The highest BCUT2D eigenvalue weighted by Gasteiger charge is 2.31. The average Bonchev–Trinajstić information content (AvgIpc) is 2.93. The molecule has 0 spiro atoms. The highest BCUT2D eigenvalue weighted by molar-refractivity contribution is 5.74. The van der Waals surface area contributed by atoms with Gasteiger partial charge in [0.1, 0.15) is 5.75 Å². The van der Waals surface area contributed by atoms with Gasteiger partial charge in [-0.05, 0) is 13.0 Å². The molecule has 1 aliphatic heterocycles. The molecule has 0 bridgehead atoms. The van der Waals surface area contributed by atoms with E-state index in [1.165, 1.54) is 11.3 Å². The number of para-hydroxylation sites is 1. The van der Waals surface area contributed by atoms with Crippen LogP contribution in [0.1, 0.15) is 29.8 Å². The summed E-state index contributed by atoms with van der Waals surface area (Å²) in [4.78, 5) is 16.5. The van der Waals surface area contributed by atoms with E-state index < -0.39 is 0 Å². The number of methoxy groups -OCH3 is 1. The summed E-state index contributed by atoms with van der Waals surface area (Å²) >= 11 is 0. The number of aryl methyl sites for hydroxylation is 1. The summed E-state index contributed by atoms with van der Waals surface area (Å²) in [6, 6.07) is 7.97. The van der Waals surface area contributed by atoms with Gasteiger partial charge in [-0.2, -0.15) is 5.10 Å². The van der Waals surface area contributed by atoms with E-state index in [0.717, 1.165) is 37.5 Å². The van der Waals surface area contributed by atoms with Crippen molar-refractivity contribution in [2.45, 2.75) is 26.4 Å². The zero-order chi connectivity index (χ0) is 18.0. The second kappa shape index (κ2) is 7.27. The third-order valence-corrected chi connectivity index (χ3v) is 5.10. The van der Waals surface area contributed by atoms with Gasteiger partial charge < -0.3 is 9.64 Å². The van der Waals surface area contributed by atoms with Gasteiger partial charge in [0.05, 0.1) is 19.3 Å². The van der Waals surface area contributed by atoms with Crippen molar-refractivity contribution in [2.75, 3.05) is 26.7 Å². The molecule has 3 rings (SSSR count). The second-order valence-electron chi connectivity index (χ2n) is 6.58. The van der Waals surface area contributed by atoms with Crippen LogP contribution in [0.25, 0.3) is 0 Å². The smallest absolute Gasteiger partial charge is 0.220 e. The monoisotopic (exact) mass is 342 g/mol. The lowest BCUT2D eigenvalue weighted by Crippen LogP contribution is -2.49. The van der Waals surface area contributed by atoms with Crippen molar-refractivity contribution >= 4 is 5.91 Å². The number of hydrogen-bond donors (Lipinski definition) is 0. The van der Waals surface area contributed by atoms with Crippen LogP contribution in [0.2, 0.25) is 0 Å². The van der Waals surface area contributed by atoms with Gasteiger partial charge >= 0.3 is 0 Å². The van der Waals surface area contributed by atoms with Gasteiger partial charge in [0.25, 0.3) is 0 Å². The Morgan fingerprint density at radius 1 is 1.32 bits per heavy atom. The largest absolute Gasteiger partial charge is 0.496 e. The fraction of sp³-hybridized carbons (Fsp3) is 0.474. The number of piperazine rings is 1. The Bertz CT molecular complexity index is 756. The molecular formula is C19H26N4O2. The molecule has 0 aliphatic carbocycles. The van der Waals surface area contributed by atoms with Crippen molar-refractivity contribution in [2.24, 2.45) is 7.05 Å². The molecule has 1 atom stereocenters. The topological polar surface area (TPSA) is 50.6 Å². The Balaban J connectivity index is 1.85. The van der Waals surface area contributed by atoms with Crippen LogP contribution in [0.15, 0.2) is 30.5 Å². The maximum Gasteiger partial charge on any atom is 0.220 e. The van der Waals surface area contributed by atoms with E-state index in [9.17, 15) is 4.79 Å². The van der Waals surface area contributed by atoms with Crippen LogP contribution in [0, 0.1) is 6.92 Å². The third kappa shape index (κ3) is 3.54. The van der Waals surface area contributed by atoms with E-state index in [0.29, 0.717) is 0 Å². The number of rotatable bonds is 4. The number of benzene rings is 1. The normalized spacial score (nSPS) is 18.4. The highest BCUT2D eigenvalue weighted by atomic mass is 16.5. The van der Waals surface area contributed by atoms with Crippen molar-refractivity contribution < 1.29 is 9.53 Å². The number of ether oxygens (including phenoxy) is 1. The maximum absolute atomic E-state index is 12.2. The lowest BCUT2D eigenvalue weighted by atomic mass is 10.0. The van der Waals surface area contributed by atoms with Gasteiger partial charge in [-0.15, -0.1) is 0 Å². The molecule has 25 heavy (non-hydrogen) atoms. The van der Waals surface area contributed by atoms with Gasteiger partial charge in [0.2, 0.25) is 5.91 Å². The summed E-state index contributed by atoms with van der Waals surface area (Å²) in [6.07, 6.45) is 1.94. The van der Waals surface area contributed by atoms with Gasteiger partial charge in [-0.1, -0.05) is 18.2 Å². The maximum atomic E-state index is 12.2. The number of nitrogens with zero attached hydrogens (tertiary/aromatic N) is 4. The number of carbonyl (C=O) groups excluding carboxylic acids is 1. The number of hydrogen-bond acceptors (Lipinski definition) is 4. The van der Waals surface area contributed by atoms with Crippen LogP contribution in [0.3, 0.4) is 0 Å². The van der Waals surface area contributed by atoms with E-state index in [-0.39, 0.29) is 11.9 Å². The van der Waals surface area contributed by atoms with E-state index in [2.05, 4.69) is 23.0 Å². The number of carbonyl (C=O) groups is 1. The molecule has 1 amide bonds. The minimum atomic E-state index is -0.000576. The van der Waals surface area contributed by atoms with Crippen LogP contribution in [-0.2, 0) is 18.4 Å². The van der Waals surface area contributed by atoms with Crippen molar-refractivity contribution in [3.63, 3.8) is 0 Å². The predicted molar refractivity (Wildman–Crippen MR) is 96.3 cm³/mol. The molecule has 1 aromatic carbocycles. The summed E-state index contributed by atoms with van der Waals surface area (Å²) < 4.78 is 7.43. The number of amides is 1. The standard InChI is InChI=1S/C19H26N4O2/c1-14-16(11-20-21(14)3)12-22-9-10-23(15(2)24)18(13-22)17-7-5-6-8-19(17)25-4/h5-8,11,18H,9-10,12-13H2,1-4H3/t18-/m1/s1. The number of aromatic nitrogens is 2. The van der Waals surface area contributed by atoms with E-state index in [4.69, 9.17) is 4.74 Å².